The molecule has 98 valence electrons. The van der Waals surface area contributed by atoms with E-state index in [0.29, 0.717) is 6.42 Å². The van der Waals surface area contributed by atoms with E-state index in [9.17, 15) is 9.18 Å². The van der Waals surface area contributed by atoms with Crippen molar-refractivity contribution in [2.24, 2.45) is 0 Å². The summed E-state index contributed by atoms with van der Waals surface area (Å²) in [4.78, 5) is 11.8. The van der Waals surface area contributed by atoms with Crippen LogP contribution in [0.2, 0.25) is 10.0 Å². The average molecular weight is 291 g/mol. The van der Waals surface area contributed by atoms with Crippen LogP contribution in [0.25, 0.3) is 0 Å². The fourth-order valence-electron chi connectivity index (χ4n) is 2.01. The SMILES string of the molecule is O=C(CC1CCCN1)Nc1c(Cl)cc(F)cc1Cl. The molecule has 1 aromatic rings. The number of carbonyl (C=O) groups excluding carboxylic acids is 1. The number of halogens is 3. The van der Waals surface area contributed by atoms with Gasteiger partial charge in [-0.2, -0.15) is 0 Å². The van der Waals surface area contributed by atoms with Crippen LogP contribution in [-0.4, -0.2) is 18.5 Å². The second kappa shape index (κ2) is 5.87. The Morgan fingerprint density at radius 2 is 2.11 bits per heavy atom. The number of hydrogen-bond donors (Lipinski definition) is 2. The third kappa shape index (κ3) is 3.34. The number of carbonyl (C=O) groups is 1. The number of amides is 1. The first-order chi connectivity index (χ1) is 8.56. The third-order valence-corrected chi connectivity index (χ3v) is 3.46. The Bertz CT molecular complexity index is 438. The number of anilines is 1. The van der Waals surface area contributed by atoms with Crippen molar-refractivity contribution >= 4 is 34.8 Å². The molecule has 1 fully saturated rings. The molecule has 18 heavy (non-hydrogen) atoms. The van der Waals surface area contributed by atoms with Crippen molar-refractivity contribution in [2.45, 2.75) is 25.3 Å². The van der Waals surface area contributed by atoms with Crippen LogP contribution in [0, 0.1) is 5.82 Å². The van der Waals surface area contributed by atoms with Gasteiger partial charge in [0.05, 0.1) is 15.7 Å². The van der Waals surface area contributed by atoms with E-state index >= 15 is 0 Å². The van der Waals surface area contributed by atoms with Gasteiger partial charge >= 0.3 is 0 Å². The fraction of sp³-hybridized carbons (Fsp3) is 0.417. The van der Waals surface area contributed by atoms with Gasteiger partial charge in [0, 0.05) is 12.5 Å². The summed E-state index contributed by atoms with van der Waals surface area (Å²) in [6.07, 6.45) is 2.43. The van der Waals surface area contributed by atoms with Crippen LogP contribution >= 0.6 is 23.2 Å². The molecule has 2 N–H and O–H groups in total. The highest BCUT2D eigenvalue weighted by atomic mass is 35.5. The normalized spacial score (nSPS) is 18.9. The van der Waals surface area contributed by atoms with Gasteiger partial charge in [0.25, 0.3) is 0 Å². The van der Waals surface area contributed by atoms with Gasteiger partial charge in [-0.15, -0.1) is 0 Å². The molecular weight excluding hydrogens is 278 g/mol. The molecule has 0 saturated carbocycles. The van der Waals surface area contributed by atoms with Crippen LogP contribution in [0.3, 0.4) is 0 Å². The van der Waals surface area contributed by atoms with Gasteiger partial charge in [0.1, 0.15) is 5.82 Å². The van der Waals surface area contributed by atoms with Crippen LogP contribution in [0.5, 0.6) is 0 Å². The highest BCUT2D eigenvalue weighted by Crippen LogP contribution is 2.31. The third-order valence-electron chi connectivity index (χ3n) is 2.87. The summed E-state index contributed by atoms with van der Waals surface area (Å²) < 4.78 is 13.0. The molecule has 2 rings (SSSR count). The molecule has 0 bridgehead atoms. The zero-order valence-electron chi connectivity index (χ0n) is 9.60. The van der Waals surface area contributed by atoms with Crippen LogP contribution < -0.4 is 10.6 Å². The first-order valence-electron chi connectivity index (χ1n) is 5.74. The maximum Gasteiger partial charge on any atom is 0.226 e. The Hall–Kier alpha value is -0.840. The average Bonchev–Trinajstić information content (AvgIpc) is 2.76. The lowest BCUT2D eigenvalue weighted by Gasteiger charge is -2.12. The molecule has 1 aromatic carbocycles. The molecule has 1 heterocycles. The number of rotatable bonds is 3. The van der Waals surface area contributed by atoms with Crippen molar-refractivity contribution < 1.29 is 9.18 Å². The molecule has 6 heteroatoms. The summed E-state index contributed by atoms with van der Waals surface area (Å²) in [5.74, 6) is -0.703. The van der Waals surface area contributed by atoms with E-state index < -0.39 is 5.82 Å². The molecule has 0 spiro atoms. The molecule has 1 unspecified atom stereocenters. The van der Waals surface area contributed by atoms with Crippen LogP contribution in [-0.2, 0) is 4.79 Å². The van der Waals surface area contributed by atoms with Crippen LogP contribution in [0.4, 0.5) is 10.1 Å². The Balaban J connectivity index is 2.02. The van der Waals surface area contributed by atoms with Crippen molar-refractivity contribution in [1.82, 2.24) is 5.32 Å². The Kier molecular flexibility index (Phi) is 4.43. The maximum absolute atomic E-state index is 13.0. The lowest BCUT2D eigenvalue weighted by molar-refractivity contribution is -0.116. The molecule has 1 amide bonds. The standard InChI is InChI=1S/C12H13Cl2FN2O/c13-9-4-7(15)5-10(14)12(9)17-11(18)6-8-2-1-3-16-8/h4-5,8,16H,1-3,6H2,(H,17,18). The topological polar surface area (TPSA) is 41.1 Å². The van der Waals surface area contributed by atoms with Gasteiger partial charge in [-0.25, -0.2) is 4.39 Å². The van der Waals surface area contributed by atoms with Gasteiger partial charge in [0.2, 0.25) is 5.91 Å². The van der Waals surface area contributed by atoms with Gasteiger partial charge in [-0.3, -0.25) is 4.79 Å². The van der Waals surface area contributed by atoms with E-state index in [2.05, 4.69) is 10.6 Å². The number of benzene rings is 1. The predicted octanol–water partition coefficient (Wildman–Crippen LogP) is 3.21. The molecule has 1 aliphatic heterocycles. The minimum Gasteiger partial charge on any atom is -0.323 e. The van der Waals surface area contributed by atoms with E-state index in [-0.39, 0.29) is 27.7 Å². The minimum absolute atomic E-state index is 0.104. The number of hydrogen-bond acceptors (Lipinski definition) is 2. The highest BCUT2D eigenvalue weighted by molar-refractivity contribution is 6.39. The first-order valence-corrected chi connectivity index (χ1v) is 6.49. The number of nitrogens with one attached hydrogen (secondary N) is 2. The molecule has 1 aliphatic rings. The van der Waals surface area contributed by atoms with Gasteiger partial charge in [-0.1, -0.05) is 23.2 Å². The van der Waals surface area contributed by atoms with E-state index in [1.807, 2.05) is 0 Å². The molecule has 3 nitrogen and oxygen atoms in total. The van der Waals surface area contributed by atoms with Crippen molar-refractivity contribution in [3.63, 3.8) is 0 Å². The van der Waals surface area contributed by atoms with Crippen LogP contribution in [0.15, 0.2) is 12.1 Å². The minimum atomic E-state index is -0.527. The zero-order chi connectivity index (χ0) is 13.1. The molecule has 1 saturated heterocycles. The fourth-order valence-corrected chi connectivity index (χ4v) is 2.56. The van der Waals surface area contributed by atoms with E-state index in [1.54, 1.807) is 0 Å². The maximum atomic E-state index is 13.0. The largest absolute Gasteiger partial charge is 0.323 e. The lowest BCUT2D eigenvalue weighted by Crippen LogP contribution is -2.27. The lowest BCUT2D eigenvalue weighted by atomic mass is 10.1. The summed E-state index contributed by atoms with van der Waals surface area (Å²) in [7, 11) is 0. The van der Waals surface area contributed by atoms with Crippen molar-refractivity contribution in [3.8, 4) is 0 Å². The summed E-state index contributed by atoms with van der Waals surface area (Å²) in [5.41, 5.74) is 0.266. The van der Waals surface area contributed by atoms with Gasteiger partial charge in [-0.05, 0) is 31.5 Å². The highest BCUT2D eigenvalue weighted by Gasteiger charge is 2.19. The van der Waals surface area contributed by atoms with Crippen molar-refractivity contribution in [2.75, 3.05) is 11.9 Å². The summed E-state index contributed by atoms with van der Waals surface area (Å²) in [6.45, 7) is 0.940. The quantitative estimate of drug-likeness (QED) is 0.897. The van der Waals surface area contributed by atoms with E-state index in [1.165, 1.54) is 0 Å². The Morgan fingerprint density at radius 1 is 1.44 bits per heavy atom. The summed E-state index contributed by atoms with van der Waals surface area (Å²) in [5, 5.41) is 6.06. The molecule has 0 aromatic heterocycles. The Morgan fingerprint density at radius 3 is 2.67 bits per heavy atom. The monoisotopic (exact) mass is 290 g/mol. The van der Waals surface area contributed by atoms with E-state index in [0.717, 1.165) is 31.5 Å². The van der Waals surface area contributed by atoms with E-state index in [4.69, 9.17) is 23.2 Å². The smallest absolute Gasteiger partial charge is 0.226 e. The molecule has 1 atom stereocenters. The Labute approximate surface area is 115 Å². The van der Waals surface area contributed by atoms with Gasteiger partial charge in [0.15, 0.2) is 0 Å². The summed E-state index contributed by atoms with van der Waals surface area (Å²) in [6, 6.07) is 2.44. The second-order valence-corrected chi connectivity index (χ2v) is 5.10. The zero-order valence-corrected chi connectivity index (χ0v) is 11.1. The summed E-state index contributed by atoms with van der Waals surface area (Å²) >= 11 is 11.7. The second-order valence-electron chi connectivity index (χ2n) is 4.29. The van der Waals surface area contributed by atoms with Crippen molar-refractivity contribution in [1.29, 1.82) is 0 Å². The molecule has 0 radical (unpaired) electrons. The van der Waals surface area contributed by atoms with Crippen LogP contribution in [0.1, 0.15) is 19.3 Å². The predicted molar refractivity (Wildman–Crippen MR) is 70.7 cm³/mol. The first kappa shape index (κ1) is 13.6. The molecular formula is C12H13Cl2FN2O. The van der Waals surface area contributed by atoms with Gasteiger partial charge < -0.3 is 10.6 Å². The van der Waals surface area contributed by atoms with Crippen molar-refractivity contribution in [3.05, 3.63) is 28.0 Å². The molecule has 0 aliphatic carbocycles.